The molecule has 1 heterocycles. The molecule has 1 aliphatic heterocycles. The first kappa shape index (κ1) is 16.5. The van der Waals surface area contributed by atoms with Gasteiger partial charge in [-0.05, 0) is 43.3 Å². The summed E-state index contributed by atoms with van der Waals surface area (Å²) in [5, 5.41) is 0.364. The van der Waals surface area contributed by atoms with Crippen LogP contribution >= 0.6 is 11.6 Å². The van der Waals surface area contributed by atoms with Crippen LogP contribution < -0.4 is 4.90 Å². The Hall–Kier alpha value is -2.40. The van der Waals surface area contributed by atoms with Crippen molar-refractivity contribution in [2.24, 2.45) is 0 Å². The molecule has 4 nitrogen and oxygen atoms in total. The lowest BCUT2D eigenvalue weighted by Gasteiger charge is -2.39. The minimum Gasteiger partial charge on any atom is -0.325 e. The second kappa shape index (κ2) is 6.61. The number of hydrogen-bond donors (Lipinski definition) is 0. The third kappa shape index (κ3) is 2.99. The van der Waals surface area contributed by atoms with E-state index in [9.17, 15) is 14.0 Å². The molecule has 1 aliphatic rings. The van der Waals surface area contributed by atoms with Gasteiger partial charge in [0, 0.05) is 18.8 Å². The molecule has 1 atom stereocenters. The summed E-state index contributed by atoms with van der Waals surface area (Å²) in [4.78, 5) is 28.4. The molecule has 1 fully saturated rings. The maximum absolute atomic E-state index is 13.1. The molecular formula is C18H16ClFN2O2. The Morgan fingerprint density at radius 3 is 2.46 bits per heavy atom. The number of halogens is 2. The largest absolute Gasteiger partial charge is 0.325 e. The lowest BCUT2D eigenvalue weighted by atomic mass is 10.1. The molecule has 24 heavy (non-hydrogen) atoms. The third-order valence-electron chi connectivity index (χ3n) is 4.16. The number of piperazine rings is 1. The number of benzene rings is 2. The smallest absolute Gasteiger partial charge is 0.256 e. The molecule has 0 bridgehead atoms. The average Bonchev–Trinajstić information content (AvgIpc) is 2.58. The maximum atomic E-state index is 13.1. The van der Waals surface area contributed by atoms with Crippen molar-refractivity contribution < 1.29 is 14.0 Å². The first-order valence-electron chi connectivity index (χ1n) is 7.61. The van der Waals surface area contributed by atoms with Gasteiger partial charge in [-0.25, -0.2) is 4.39 Å². The van der Waals surface area contributed by atoms with Crippen LogP contribution in [0.3, 0.4) is 0 Å². The first-order chi connectivity index (χ1) is 11.5. The van der Waals surface area contributed by atoms with E-state index in [1.54, 1.807) is 48.2 Å². The molecule has 1 saturated heterocycles. The van der Waals surface area contributed by atoms with E-state index in [0.29, 0.717) is 29.4 Å². The van der Waals surface area contributed by atoms with Gasteiger partial charge in [0.1, 0.15) is 11.9 Å². The first-order valence-corrected chi connectivity index (χ1v) is 7.99. The number of hydrogen-bond acceptors (Lipinski definition) is 2. The third-order valence-corrected chi connectivity index (χ3v) is 4.49. The van der Waals surface area contributed by atoms with Gasteiger partial charge >= 0.3 is 0 Å². The molecule has 0 unspecified atom stereocenters. The molecule has 0 spiro atoms. The molecule has 0 N–H and O–H groups in total. The lowest BCUT2D eigenvalue weighted by molar-refractivity contribution is -0.124. The van der Waals surface area contributed by atoms with E-state index in [1.807, 2.05) is 0 Å². The summed E-state index contributed by atoms with van der Waals surface area (Å²) in [5.74, 6) is -0.819. The number of amides is 2. The summed E-state index contributed by atoms with van der Waals surface area (Å²) >= 11 is 6.08. The number of carbonyl (C=O) groups is 2. The molecule has 6 heteroatoms. The van der Waals surface area contributed by atoms with Gasteiger partial charge < -0.3 is 9.80 Å². The summed E-state index contributed by atoms with van der Waals surface area (Å²) in [6.07, 6.45) is 0. The SMILES string of the molecule is C[C@@H]1C(=O)N(c2ccc(F)cc2)CCN1C(=O)c1ccccc1Cl. The van der Waals surface area contributed by atoms with Crippen molar-refractivity contribution >= 4 is 29.1 Å². The van der Waals surface area contributed by atoms with Crippen molar-refractivity contribution in [2.45, 2.75) is 13.0 Å². The van der Waals surface area contributed by atoms with E-state index in [4.69, 9.17) is 11.6 Å². The van der Waals surface area contributed by atoms with Crippen molar-refractivity contribution in [1.29, 1.82) is 0 Å². The van der Waals surface area contributed by atoms with Gasteiger partial charge in [0.25, 0.3) is 5.91 Å². The van der Waals surface area contributed by atoms with Gasteiger partial charge in [-0.3, -0.25) is 9.59 Å². The number of nitrogens with zero attached hydrogens (tertiary/aromatic N) is 2. The Bertz CT molecular complexity index is 779. The molecule has 0 aromatic heterocycles. The quantitative estimate of drug-likeness (QED) is 0.836. The van der Waals surface area contributed by atoms with Gasteiger partial charge in [-0.2, -0.15) is 0 Å². The summed E-state index contributed by atoms with van der Waals surface area (Å²) in [7, 11) is 0. The van der Waals surface area contributed by atoms with Crippen molar-refractivity contribution in [3.8, 4) is 0 Å². The average molecular weight is 347 g/mol. The summed E-state index contributed by atoms with van der Waals surface area (Å²) in [5.41, 5.74) is 1.01. The number of carbonyl (C=O) groups excluding carboxylic acids is 2. The zero-order valence-corrected chi connectivity index (χ0v) is 13.8. The fourth-order valence-corrected chi connectivity index (χ4v) is 3.03. The van der Waals surface area contributed by atoms with E-state index < -0.39 is 6.04 Å². The maximum Gasteiger partial charge on any atom is 0.256 e. The predicted molar refractivity (Wildman–Crippen MR) is 90.7 cm³/mol. The fourth-order valence-electron chi connectivity index (χ4n) is 2.81. The summed E-state index contributed by atoms with van der Waals surface area (Å²) in [6.45, 7) is 2.42. The van der Waals surface area contributed by atoms with Crippen molar-refractivity contribution in [3.05, 3.63) is 64.9 Å². The Labute approximate surface area is 144 Å². The van der Waals surface area contributed by atoms with Crippen LogP contribution in [0.2, 0.25) is 5.02 Å². The van der Waals surface area contributed by atoms with Gasteiger partial charge in [0.15, 0.2) is 0 Å². The standard InChI is InChI=1S/C18H16ClFN2O2/c1-12-17(23)22(14-8-6-13(20)7-9-14)11-10-21(12)18(24)15-4-2-3-5-16(15)19/h2-9,12H,10-11H2,1H3/t12-/m1/s1. The van der Waals surface area contributed by atoms with Crippen LogP contribution in [0.1, 0.15) is 17.3 Å². The van der Waals surface area contributed by atoms with Crippen LogP contribution in [0.15, 0.2) is 48.5 Å². The van der Waals surface area contributed by atoms with Crippen molar-refractivity contribution in [2.75, 3.05) is 18.0 Å². The van der Waals surface area contributed by atoms with Gasteiger partial charge in [0.2, 0.25) is 5.91 Å². The molecule has 3 rings (SSSR count). The van der Waals surface area contributed by atoms with Crippen LogP contribution in [0, 0.1) is 5.82 Å². The van der Waals surface area contributed by atoms with Gasteiger partial charge in [0.05, 0.1) is 10.6 Å². The van der Waals surface area contributed by atoms with E-state index in [1.165, 1.54) is 17.0 Å². The highest BCUT2D eigenvalue weighted by molar-refractivity contribution is 6.33. The van der Waals surface area contributed by atoms with Crippen molar-refractivity contribution in [3.63, 3.8) is 0 Å². The summed E-state index contributed by atoms with van der Waals surface area (Å²) in [6, 6.07) is 11.9. The van der Waals surface area contributed by atoms with E-state index in [0.717, 1.165) is 0 Å². The molecule has 0 aliphatic carbocycles. The summed E-state index contributed by atoms with van der Waals surface area (Å²) < 4.78 is 13.1. The molecule has 2 amide bonds. The predicted octanol–water partition coefficient (Wildman–Crippen LogP) is 3.36. The molecule has 2 aromatic rings. The molecule has 0 saturated carbocycles. The monoisotopic (exact) mass is 346 g/mol. The van der Waals surface area contributed by atoms with Crippen LogP contribution in [-0.4, -0.2) is 35.8 Å². The Morgan fingerprint density at radius 1 is 1.12 bits per heavy atom. The van der Waals surface area contributed by atoms with E-state index >= 15 is 0 Å². The Kier molecular flexibility index (Phi) is 4.53. The van der Waals surface area contributed by atoms with Gasteiger partial charge in [-0.15, -0.1) is 0 Å². The Morgan fingerprint density at radius 2 is 1.79 bits per heavy atom. The van der Waals surface area contributed by atoms with Crippen LogP contribution in [-0.2, 0) is 4.79 Å². The number of rotatable bonds is 2. The highest BCUT2D eigenvalue weighted by Crippen LogP contribution is 2.24. The second-order valence-corrected chi connectivity index (χ2v) is 6.03. The minimum atomic E-state index is -0.618. The minimum absolute atomic E-state index is 0.201. The molecule has 0 radical (unpaired) electrons. The number of anilines is 1. The second-order valence-electron chi connectivity index (χ2n) is 5.62. The lowest BCUT2D eigenvalue weighted by Crippen LogP contribution is -2.57. The highest BCUT2D eigenvalue weighted by Gasteiger charge is 2.35. The normalized spacial score (nSPS) is 18.0. The van der Waals surface area contributed by atoms with Crippen LogP contribution in [0.5, 0.6) is 0 Å². The van der Waals surface area contributed by atoms with Crippen LogP contribution in [0.4, 0.5) is 10.1 Å². The topological polar surface area (TPSA) is 40.6 Å². The van der Waals surface area contributed by atoms with E-state index in [-0.39, 0.29) is 17.6 Å². The fraction of sp³-hybridized carbons (Fsp3) is 0.222. The van der Waals surface area contributed by atoms with Crippen molar-refractivity contribution in [1.82, 2.24) is 4.90 Å². The molecule has 124 valence electrons. The van der Waals surface area contributed by atoms with E-state index in [2.05, 4.69) is 0 Å². The molecule has 2 aromatic carbocycles. The van der Waals surface area contributed by atoms with Crippen LogP contribution in [0.25, 0.3) is 0 Å². The highest BCUT2D eigenvalue weighted by atomic mass is 35.5. The van der Waals surface area contributed by atoms with Gasteiger partial charge in [-0.1, -0.05) is 23.7 Å². The Balaban J connectivity index is 1.81. The zero-order chi connectivity index (χ0) is 17.3. The molecular weight excluding hydrogens is 331 g/mol. The zero-order valence-electron chi connectivity index (χ0n) is 13.1.